The highest BCUT2D eigenvalue weighted by atomic mass is 16.4. The van der Waals surface area contributed by atoms with Crippen molar-refractivity contribution in [2.45, 2.75) is 32.7 Å². The Labute approximate surface area is 123 Å². The molecular weight excluding hydrogens is 270 g/mol. The Morgan fingerprint density at radius 2 is 2.00 bits per heavy atom. The van der Waals surface area contributed by atoms with Gasteiger partial charge in [0.25, 0.3) is 0 Å². The number of rotatable bonds is 7. The number of fused-ring (bicyclic) bond motifs is 1. The van der Waals surface area contributed by atoms with Gasteiger partial charge in [0, 0.05) is 24.7 Å². The normalized spacial score (nSPS) is 11.2. The molecule has 0 bridgehead atoms. The van der Waals surface area contributed by atoms with Crippen LogP contribution in [0.1, 0.15) is 34.8 Å². The molecule has 0 fully saturated rings. The molecule has 0 saturated heterocycles. The lowest BCUT2D eigenvalue weighted by Gasteiger charge is -2.08. The zero-order valence-corrected chi connectivity index (χ0v) is 12.2. The van der Waals surface area contributed by atoms with Gasteiger partial charge in [0.1, 0.15) is 0 Å². The Bertz CT molecular complexity index is 645. The molecule has 0 aliphatic heterocycles. The molecule has 0 amide bonds. The van der Waals surface area contributed by atoms with Gasteiger partial charge in [-0.2, -0.15) is 0 Å². The Morgan fingerprint density at radius 3 is 2.57 bits per heavy atom. The highest BCUT2D eigenvalue weighted by molar-refractivity contribution is 6.03. The number of hydrogen-bond donors (Lipinski definition) is 3. The van der Waals surface area contributed by atoms with Gasteiger partial charge >= 0.3 is 5.97 Å². The van der Waals surface area contributed by atoms with Gasteiger partial charge in [-0.25, -0.2) is 4.79 Å². The van der Waals surface area contributed by atoms with Crippen molar-refractivity contribution < 1.29 is 20.1 Å². The van der Waals surface area contributed by atoms with Crippen LogP contribution in [-0.2, 0) is 19.4 Å². The van der Waals surface area contributed by atoms with Gasteiger partial charge in [-0.05, 0) is 42.5 Å². The topological polar surface area (TPSA) is 82.7 Å². The van der Waals surface area contributed by atoms with Crippen LogP contribution < -0.4 is 0 Å². The van der Waals surface area contributed by atoms with E-state index in [0.29, 0.717) is 24.9 Å². The number of aliphatic hydroxyl groups is 2. The highest BCUT2D eigenvalue weighted by Crippen LogP contribution is 2.28. The summed E-state index contributed by atoms with van der Waals surface area (Å²) < 4.78 is 1.80. The molecular formula is C16H21NO4. The molecule has 5 nitrogen and oxygen atoms in total. The van der Waals surface area contributed by atoms with E-state index >= 15 is 0 Å². The molecule has 114 valence electrons. The number of benzene rings is 1. The molecule has 0 atom stereocenters. The maximum absolute atomic E-state index is 11.5. The summed E-state index contributed by atoms with van der Waals surface area (Å²) in [6.07, 6.45) is 3.98. The van der Waals surface area contributed by atoms with Gasteiger partial charge in [0.2, 0.25) is 0 Å². The van der Waals surface area contributed by atoms with E-state index in [9.17, 15) is 15.0 Å². The first-order chi connectivity index (χ1) is 10.1. The van der Waals surface area contributed by atoms with Gasteiger partial charge in [-0.1, -0.05) is 6.92 Å². The number of carboxylic acid groups (broad SMARTS) is 1. The molecule has 0 unspecified atom stereocenters. The Kier molecular flexibility index (Phi) is 4.98. The van der Waals surface area contributed by atoms with Crippen molar-refractivity contribution in [3.05, 3.63) is 35.0 Å². The number of aromatic carboxylic acids is 1. The Hall–Kier alpha value is -1.85. The number of aliphatic hydroxyl groups excluding tert-OH is 2. The summed E-state index contributed by atoms with van der Waals surface area (Å²) in [6.45, 7) is 2.41. The van der Waals surface area contributed by atoms with Gasteiger partial charge in [-0.15, -0.1) is 0 Å². The average Bonchev–Trinajstić information content (AvgIpc) is 2.82. The maximum Gasteiger partial charge on any atom is 0.337 e. The van der Waals surface area contributed by atoms with Gasteiger partial charge in [0.05, 0.1) is 17.7 Å². The predicted molar refractivity (Wildman–Crippen MR) is 80.8 cm³/mol. The first kappa shape index (κ1) is 15.5. The summed E-state index contributed by atoms with van der Waals surface area (Å²) in [7, 11) is 0. The molecule has 3 N–H and O–H groups in total. The van der Waals surface area contributed by atoms with Crippen molar-refractivity contribution in [1.29, 1.82) is 0 Å². The number of aromatic nitrogens is 1. The van der Waals surface area contributed by atoms with Crippen molar-refractivity contribution in [2.24, 2.45) is 0 Å². The number of hydrogen-bond acceptors (Lipinski definition) is 3. The molecule has 21 heavy (non-hydrogen) atoms. The lowest BCUT2D eigenvalue weighted by Crippen LogP contribution is -2.06. The lowest BCUT2D eigenvalue weighted by molar-refractivity contribution is 0.0698. The first-order valence-electron chi connectivity index (χ1n) is 7.22. The van der Waals surface area contributed by atoms with Crippen LogP contribution in [-0.4, -0.2) is 39.1 Å². The second kappa shape index (κ2) is 6.74. The molecule has 0 aliphatic rings. The van der Waals surface area contributed by atoms with Crippen molar-refractivity contribution in [2.75, 3.05) is 13.2 Å². The fourth-order valence-corrected chi connectivity index (χ4v) is 2.69. The van der Waals surface area contributed by atoms with Crippen LogP contribution in [0.5, 0.6) is 0 Å². The third kappa shape index (κ3) is 3.09. The summed E-state index contributed by atoms with van der Waals surface area (Å²) in [4.78, 5) is 11.5. The van der Waals surface area contributed by atoms with Crippen LogP contribution in [0.4, 0.5) is 0 Å². The summed E-state index contributed by atoms with van der Waals surface area (Å²) in [5, 5.41) is 28.6. The van der Waals surface area contributed by atoms with E-state index in [1.54, 1.807) is 10.6 Å². The fourth-order valence-electron chi connectivity index (χ4n) is 2.69. The van der Waals surface area contributed by atoms with E-state index in [1.165, 1.54) is 0 Å². The molecule has 0 spiro atoms. The molecule has 1 heterocycles. The molecule has 2 aromatic rings. The molecule has 0 saturated carbocycles. The van der Waals surface area contributed by atoms with E-state index in [-0.39, 0.29) is 18.8 Å². The standard InChI is InChI=1S/C16H21NO4/c1-2-11-8-13-12(4-3-6-18)10-17(5-7-19)15(13)14(9-11)16(20)21/h8-10,18-19H,2-7H2,1H3,(H,20,21). The summed E-state index contributed by atoms with van der Waals surface area (Å²) in [5.41, 5.74) is 2.92. The van der Waals surface area contributed by atoms with E-state index < -0.39 is 5.97 Å². The zero-order chi connectivity index (χ0) is 15.4. The third-order valence-electron chi connectivity index (χ3n) is 3.70. The zero-order valence-electron chi connectivity index (χ0n) is 12.2. The third-order valence-corrected chi connectivity index (χ3v) is 3.70. The summed E-state index contributed by atoms with van der Waals surface area (Å²) in [6, 6.07) is 3.72. The van der Waals surface area contributed by atoms with Crippen LogP contribution in [0.2, 0.25) is 0 Å². The first-order valence-corrected chi connectivity index (χ1v) is 7.22. The minimum absolute atomic E-state index is 0.0438. The van der Waals surface area contributed by atoms with Crippen LogP contribution in [0.15, 0.2) is 18.3 Å². The quantitative estimate of drug-likeness (QED) is 0.726. The molecule has 0 aliphatic carbocycles. The summed E-state index contributed by atoms with van der Waals surface area (Å²) in [5.74, 6) is -0.957. The second-order valence-electron chi connectivity index (χ2n) is 5.10. The number of carbonyl (C=O) groups is 1. The molecule has 0 radical (unpaired) electrons. The van der Waals surface area contributed by atoms with Gasteiger partial charge in [0.15, 0.2) is 0 Å². The van der Waals surface area contributed by atoms with E-state index in [4.69, 9.17) is 5.11 Å². The lowest BCUT2D eigenvalue weighted by atomic mass is 10.0. The number of aryl methyl sites for hydroxylation is 2. The van der Waals surface area contributed by atoms with E-state index in [0.717, 1.165) is 22.9 Å². The highest BCUT2D eigenvalue weighted by Gasteiger charge is 2.17. The van der Waals surface area contributed by atoms with Crippen molar-refractivity contribution in [3.63, 3.8) is 0 Å². The van der Waals surface area contributed by atoms with Crippen LogP contribution in [0, 0.1) is 0 Å². The maximum atomic E-state index is 11.5. The smallest absolute Gasteiger partial charge is 0.337 e. The van der Waals surface area contributed by atoms with Crippen LogP contribution in [0.25, 0.3) is 10.9 Å². The van der Waals surface area contributed by atoms with Gasteiger partial charge < -0.3 is 19.9 Å². The average molecular weight is 291 g/mol. The van der Waals surface area contributed by atoms with Crippen molar-refractivity contribution in [3.8, 4) is 0 Å². The largest absolute Gasteiger partial charge is 0.478 e. The fraction of sp³-hybridized carbons (Fsp3) is 0.438. The SMILES string of the molecule is CCc1cc(C(=O)O)c2c(c1)c(CCCO)cn2CCO. The van der Waals surface area contributed by atoms with Crippen molar-refractivity contribution >= 4 is 16.9 Å². The second-order valence-corrected chi connectivity index (χ2v) is 5.10. The predicted octanol–water partition coefficient (Wildman–Crippen LogP) is 1.82. The molecule has 5 heteroatoms. The number of nitrogens with zero attached hydrogens (tertiary/aromatic N) is 1. The van der Waals surface area contributed by atoms with Crippen LogP contribution >= 0.6 is 0 Å². The van der Waals surface area contributed by atoms with Gasteiger partial charge in [-0.3, -0.25) is 0 Å². The number of carboxylic acids is 1. The van der Waals surface area contributed by atoms with E-state index in [1.807, 2.05) is 19.2 Å². The van der Waals surface area contributed by atoms with E-state index in [2.05, 4.69) is 0 Å². The minimum Gasteiger partial charge on any atom is -0.478 e. The summed E-state index contributed by atoms with van der Waals surface area (Å²) >= 11 is 0. The Balaban J connectivity index is 2.69. The minimum atomic E-state index is -0.957. The van der Waals surface area contributed by atoms with Crippen molar-refractivity contribution in [1.82, 2.24) is 4.57 Å². The molecule has 1 aromatic carbocycles. The molecule has 1 aromatic heterocycles. The van der Waals surface area contributed by atoms with Crippen LogP contribution in [0.3, 0.4) is 0 Å². The Morgan fingerprint density at radius 1 is 1.24 bits per heavy atom. The molecule has 2 rings (SSSR count). The monoisotopic (exact) mass is 291 g/mol.